The fourth-order valence-electron chi connectivity index (χ4n) is 4.23. The minimum atomic E-state index is 0.568. The molecule has 162 valence electrons. The molecule has 0 aliphatic carbocycles. The Bertz CT molecular complexity index is 655. The first-order chi connectivity index (χ1) is 14.2. The molecule has 2 aliphatic rings. The van der Waals surface area contributed by atoms with Crippen LogP contribution in [0.25, 0.3) is 0 Å². The number of anilines is 1. The van der Waals surface area contributed by atoms with Gasteiger partial charge in [0.15, 0.2) is 5.96 Å². The molecule has 29 heavy (non-hydrogen) atoms. The molecule has 2 atom stereocenters. The van der Waals surface area contributed by atoms with Crippen molar-refractivity contribution in [3.63, 3.8) is 0 Å². The zero-order valence-corrected chi connectivity index (χ0v) is 18.1. The summed E-state index contributed by atoms with van der Waals surface area (Å²) in [5.74, 6) is 3.14. The average molecular weight is 405 g/mol. The van der Waals surface area contributed by atoms with E-state index in [0.717, 1.165) is 57.5 Å². The number of rotatable bonds is 9. The number of aliphatic imine (C=N–C) groups is 1. The number of likely N-dealkylation sites (tertiary alicyclic amines) is 1. The summed E-state index contributed by atoms with van der Waals surface area (Å²) in [6.45, 7) is 7.23. The zero-order valence-electron chi connectivity index (χ0n) is 18.1. The third-order valence-electron chi connectivity index (χ3n) is 5.84. The van der Waals surface area contributed by atoms with E-state index in [1.807, 2.05) is 19.2 Å². The maximum Gasteiger partial charge on any atom is 0.193 e. The third kappa shape index (κ3) is 6.00. The lowest BCUT2D eigenvalue weighted by Crippen LogP contribution is -2.42. The maximum atomic E-state index is 5.71. The lowest BCUT2D eigenvalue weighted by Gasteiger charge is -2.24. The Labute approximate surface area is 175 Å². The van der Waals surface area contributed by atoms with Gasteiger partial charge in [-0.2, -0.15) is 0 Å². The van der Waals surface area contributed by atoms with Gasteiger partial charge in [-0.3, -0.25) is 4.99 Å². The molecule has 2 heterocycles. The van der Waals surface area contributed by atoms with Gasteiger partial charge < -0.3 is 29.3 Å². The second kappa shape index (κ2) is 11.3. The van der Waals surface area contributed by atoms with Crippen LogP contribution in [0.3, 0.4) is 0 Å². The van der Waals surface area contributed by atoms with Crippen molar-refractivity contribution in [2.75, 3.05) is 78.7 Å². The molecular formula is C22H36N4O3. The van der Waals surface area contributed by atoms with Gasteiger partial charge in [0, 0.05) is 52.8 Å². The molecule has 0 radical (unpaired) electrons. The molecule has 0 saturated carbocycles. The van der Waals surface area contributed by atoms with E-state index in [1.54, 1.807) is 14.2 Å². The highest BCUT2D eigenvalue weighted by molar-refractivity contribution is 5.80. The summed E-state index contributed by atoms with van der Waals surface area (Å²) in [7, 11) is 5.32. The topological polar surface area (TPSA) is 58.6 Å². The molecule has 2 aliphatic heterocycles. The molecule has 7 nitrogen and oxygen atoms in total. The van der Waals surface area contributed by atoms with E-state index in [0.29, 0.717) is 25.0 Å². The first kappa shape index (κ1) is 21.7. The van der Waals surface area contributed by atoms with Crippen molar-refractivity contribution in [2.45, 2.75) is 12.8 Å². The van der Waals surface area contributed by atoms with Crippen LogP contribution < -0.4 is 15.0 Å². The fraction of sp³-hybridized carbons (Fsp3) is 0.682. The Morgan fingerprint density at radius 1 is 1.10 bits per heavy atom. The van der Waals surface area contributed by atoms with Crippen LogP contribution in [-0.4, -0.2) is 84.7 Å². The Kier molecular flexibility index (Phi) is 8.43. The largest absolute Gasteiger partial charge is 0.495 e. The van der Waals surface area contributed by atoms with Gasteiger partial charge in [0.1, 0.15) is 5.75 Å². The number of nitrogens with one attached hydrogen (secondary N) is 1. The van der Waals surface area contributed by atoms with Gasteiger partial charge in [-0.1, -0.05) is 12.1 Å². The van der Waals surface area contributed by atoms with E-state index in [9.17, 15) is 0 Å². The molecule has 3 rings (SSSR count). The second-order valence-corrected chi connectivity index (χ2v) is 7.87. The fourth-order valence-corrected chi connectivity index (χ4v) is 4.23. The Morgan fingerprint density at radius 3 is 2.72 bits per heavy atom. The summed E-state index contributed by atoms with van der Waals surface area (Å²) in [5.41, 5.74) is 1.19. The van der Waals surface area contributed by atoms with Gasteiger partial charge in [0.05, 0.1) is 32.6 Å². The highest BCUT2D eigenvalue weighted by Crippen LogP contribution is 2.31. The van der Waals surface area contributed by atoms with Crippen LogP contribution in [0, 0.1) is 11.8 Å². The summed E-state index contributed by atoms with van der Waals surface area (Å²) in [5, 5.41) is 3.61. The number of nitrogens with zero attached hydrogens (tertiary/aromatic N) is 3. The molecular weight excluding hydrogens is 368 g/mol. The molecule has 2 fully saturated rings. The van der Waals surface area contributed by atoms with Gasteiger partial charge in [-0.25, -0.2) is 0 Å². The second-order valence-electron chi connectivity index (χ2n) is 7.87. The van der Waals surface area contributed by atoms with E-state index in [2.05, 4.69) is 32.2 Å². The number of hydrogen-bond acceptors (Lipinski definition) is 5. The number of methoxy groups -OCH3 is 2. The quantitative estimate of drug-likeness (QED) is 0.386. The molecule has 1 N–H and O–H groups in total. The van der Waals surface area contributed by atoms with E-state index >= 15 is 0 Å². The molecule has 7 heteroatoms. The predicted molar refractivity (Wildman–Crippen MR) is 117 cm³/mol. The van der Waals surface area contributed by atoms with Gasteiger partial charge in [-0.15, -0.1) is 0 Å². The monoisotopic (exact) mass is 404 g/mol. The number of guanidine groups is 1. The average Bonchev–Trinajstić information content (AvgIpc) is 3.42. The highest BCUT2D eigenvalue weighted by Gasteiger charge is 2.27. The molecule has 0 aromatic heterocycles. The van der Waals surface area contributed by atoms with Gasteiger partial charge in [-0.05, 0) is 30.9 Å². The summed E-state index contributed by atoms with van der Waals surface area (Å²) in [6.07, 6.45) is 2.33. The molecule has 0 amide bonds. The van der Waals surface area contributed by atoms with E-state index in [4.69, 9.17) is 14.2 Å². The number of benzene rings is 1. The van der Waals surface area contributed by atoms with Crippen molar-refractivity contribution in [2.24, 2.45) is 16.8 Å². The summed E-state index contributed by atoms with van der Waals surface area (Å²) in [4.78, 5) is 9.30. The number of ether oxygens (including phenoxy) is 3. The lowest BCUT2D eigenvalue weighted by atomic mass is 10.1. The molecule has 2 saturated heterocycles. The van der Waals surface area contributed by atoms with E-state index in [-0.39, 0.29) is 0 Å². The van der Waals surface area contributed by atoms with Crippen LogP contribution in [0.5, 0.6) is 5.75 Å². The molecule has 2 unspecified atom stereocenters. The van der Waals surface area contributed by atoms with Crippen LogP contribution in [0.15, 0.2) is 29.3 Å². The van der Waals surface area contributed by atoms with Crippen molar-refractivity contribution >= 4 is 11.6 Å². The smallest absolute Gasteiger partial charge is 0.193 e. The van der Waals surface area contributed by atoms with Crippen LogP contribution in [0.1, 0.15) is 12.8 Å². The van der Waals surface area contributed by atoms with Crippen molar-refractivity contribution in [1.29, 1.82) is 0 Å². The normalized spacial score (nSPS) is 22.4. The Morgan fingerprint density at radius 2 is 1.93 bits per heavy atom. The Hall–Kier alpha value is -1.99. The highest BCUT2D eigenvalue weighted by atomic mass is 16.5. The molecule has 1 aromatic carbocycles. The lowest BCUT2D eigenvalue weighted by molar-refractivity contribution is 0.0536. The van der Waals surface area contributed by atoms with Crippen LogP contribution >= 0.6 is 0 Å². The van der Waals surface area contributed by atoms with Crippen LogP contribution in [0.2, 0.25) is 0 Å². The SMILES string of the molecule is CN=C(NCC1CCN(c2ccccc2OC)C1)N1CCC(COCCOC)C1. The van der Waals surface area contributed by atoms with Gasteiger partial charge >= 0.3 is 0 Å². The maximum absolute atomic E-state index is 5.71. The van der Waals surface area contributed by atoms with E-state index in [1.165, 1.54) is 12.1 Å². The Balaban J connectivity index is 1.42. The zero-order chi connectivity index (χ0) is 20.5. The molecule has 0 spiro atoms. The first-order valence-electron chi connectivity index (χ1n) is 10.6. The van der Waals surface area contributed by atoms with Crippen molar-refractivity contribution < 1.29 is 14.2 Å². The van der Waals surface area contributed by atoms with Crippen molar-refractivity contribution in [1.82, 2.24) is 10.2 Å². The standard InChI is InChI=1S/C22H36N4O3/c1-23-22(26-11-9-19(16-26)17-29-13-12-27-2)24-14-18-8-10-25(15-18)20-6-4-5-7-21(20)28-3/h4-7,18-19H,8-17H2,1-3H3,(H,23,24). The van der Waals surface area contributed by atoms with Gasteiger partial charge in [0.25, 0.3) is 0 Å². The number of hydrogen-bond donors (Lipinski definition) is 1. The van der Waals surface area contributed by atoms with Crippen molar-refractivity contribution in [3.8, 4) is 5.75 Å². The first-order valence-corrected chi connectivity index (χ1v) is 10.6. The number of para-hydroxylation sites is 2. The van der Waals surface area contributed by atoms with Gasteiger partial charge in [0.2, 0.25) is 0 Å². The minimum Gasteiger partial charge on any atom is -0.495 e. The summed E-state index contributed by atoms with van der Waals surface area (Å²) >= 11 is 0. The van der Waals surface area contributed by atoms with Crippen molar-refractivity contribution in [3.05, 3.63) is 24.3 Å². The van der Waals surface area contributed by atoms with E-state index < -0.39 is 0 Å². The predicted octanol–water partition coefficient (Wildman–Crippen LogP) is 2.08. The molecule has 0 bridgehead atoms. The molecule has 1 aromatic rings. The van der Waals surface area contributed by atoms with Crippen LogP contribution in [0.4, 0.5) is 5.69 Å². The third-order valence-corrected chi connectivity index (χ3v) is 5.84. The summed E-state index contributed by atoms with van der Waals surface area (Å²) < 4.78 is 16.3. The van der Waals surface area contributed by atoms with Crippen LogP contribution in [-0.2, 0) is 9.47 Å². The summed E-state index contributed by atoms with van der Waals surface area (Å²) in [6, 6.07) is 8.28. The minimum absolute atomic E-state index is 0.568.